The molecule has 0 bridgehead atoms. The number of nitrogens with one attached hydrogen (secondary N) is 2. The number of ether oxygens (including phenoxy) is 1. The van der Waals surface area contributed by atoms with E-state index in [4.69, 9.17) is 4.74 Å². The van der Waals surface area contributed by atoms with E-state index >= 15 is 0 Å². The number of hydrogen-bond acceptors (Lipinski definition) is 5. The summed E-state index contributed by atoms with van der Waals surface area (Å²) in [4.78, 5) is 8.99. The molecule has 0 aliphatic heterocycles. The van der Waals surface area contributed by atoms with Gasteiger partial charge in [-0.25, -0.2) is 18.4 Å². The number of guanidine groups is 1. The Bertz CT molecular complexity index is 720. The van der Waals surface area contributed by atoms with Crippen LogP contribution >= 0.6 is 24.0 Å². The summed E-state index contributed by atoms with van der Waals surface area (Å²) in [6, 6.07) is 3.91. The monoisotopic (exact) mass is 538 g/mol. The molecule has 1 aromatic heterocycles. The van der Waals surface area contributed by atoms with Crippen LogP contribution in [-0.2, 0) is 16.4 Å². The first-order chi connectivity index (χ1) is 13.4. The molecule has 166 valence electrons. The molecule has 0 aromatic carbocycles. The zero-order valence-corrected chi connectivity index (χ0v) is 20.8. The number of pyridine rings is 1. The number of sulfone groups is 1. The Hall–Kier alpha value is -1.10. The second-order valence-corrected chi connectivity index (χ2v) is 9.80. The number of hydrogen-bond donors (Lipinski definition) is 2. The van der Waals surface area contributed by atoms with E-state index in [0.29, 0.717) is 30.9 Å². The highest BCUT2D eigenvalue weighted by atomic mass is 127. The first-order valence-corrected chi connectivity index (χ1v) is 12.3. The topological polar surface area (TPSA) is 92.7 Å². The van der Waals surface area contributed by atoms with Crippen molar-refractivity contribution in [1.82, 2.24) is 15.6 Å². The van der Waals surface area contributed by atoms with Crippen LogP contribution in [0.1, 0.15) is 57.9 Å². The molecule has 0 spiro atoms. The van der Waals surface area contributed by atoms with Crippen LogP contribution in [0.3, 0.4) is 0 Å². The van der Waals surface area contributed by atoms with E-state index in [2.05, 4.69) is 20.6 Å². The van der Waals surface area contributed by atoms with Gasteiger partial charge < -0.3 is 15.4 Å². The van der Waals surface area contributed by atoms with Gasteiger partial charge in [-0.05, 0) is 51.5 Å². The smallest absolute Gasteiger partial charge is 0.213 e. The van der Waals surface area contributed by atoms with Gasteiger partial charge in [0.05, 0.1) is 12.3 Å². The molecular formula is C20H35IN4O3S. The summed E-state index contributed by atoms with van der Waals surface area (Å²) in [7, 11) is -2.96. The summed E-state index contributed by atoms with van der Waals surface area (Å²) >= 11 is 0. The first-order valence-electron chi connectivity index (χ1n) is 10.2. The fourth-order valence-corrected chi connectivity index (χ4v) is 3.90. The van der Waals surface area contributed by atoms with Gasteiger partial charge in [-0.1, -0.05) is 12.5 Å². The number of rotatable bonds is 9. The summed E-state index contributed by atoms with van der Waals surface area (Å²) in [5, 5.41) is 6.45. The normalized spacial score (nSPS) is 16.6. The first kappa shape index (κ1) is 25.9. The van der Waals surface area contributed by atoms with E-state index in [1.165, 1.54) is 25.5 Å². The van der Waals surface area contributed by atoms with Crippen molar-refractivity contribution < 1.29 is 13.2 Å². The molecule has 0 amide bonds. The Morgan fingerprint density at radius 2 is 2.03 bits per heavy atom. The van der Waals surface area contributed by atoms with E-state index < -0.39 is 9.84 Å². The minimum atomic E-state index is -2.96. The fourth-order valence-electron chi connectivity index (χ4n) is 3.11. The van der Waals surface area contributed by atoms with Crippen molar-refractivity contribution in [2.45, 2.75) is 71.1 Å². The molecule has 1 saturated carbocycles. The Kier molecular flexibility index (Phi) is 11.9. The molecule has 1 unspecified atom stereocenters. The molecule has 1 heterocycles. The van der Waals surface area contributed by atoms with E-state index in [1.54, 1.807) is 6.20 Å². The Morgan fingerprint density at radius 3 is 2.62 bits per heavy atom. The molecular weight excluding hydrogens is 503 g/mol. The van der Waals surface area contributed by atoms with Crippen molar-refractivity contribution in [3.63, 3.8) is 0 Å². The Labute approximate surface area is 192 Å². The molecule has 1 aliphatic rings. The van der Waals surface area contributed by atoms with Gasteiger partial charge >= 0.3 is 0 Å². The molecule has 29 heavy (non-hydrogen) atoms. The number of halogens is 1. The van der Waals surface area contributed by atoms with Gasteiger partial charge in [0.15, 0.2) is 5.96 Å². The third-order valence-electron chi connectivity index (χ3n) is 4.71. The summed E-state index contributed by atoms with van der Waals surface area (Å²) in [5.74, 6) is 1.51. The van der Waals surface area contributed by atoms with Crippen LogP contribution in [0.2, 0.25) is 0 Å². The maximum atomic E-state index is 11.3. The molecule has 1 fully saturated rings. The maximum absolute atomic E-state index is 11.3. The summed E-state index contributed by atoms with van der Waals surface area (Å²) in [6.07, 6.45) is 9.90. The Morgan fingerprint density at radius 1 is 1.31 bits per heavy atom. The molecule has 1 aromatic rings. The lowest BCUT2D eigenvalue weighted by molar-refractivity contribution is 0.148. The van der Waals surface area contributed by atoms with E-state index in [9.17, 15) is 8.42 Å². The number of aromatic nitrogens is 1. The van der Waals surface area contributed by atoms with Crippen molar-refractivity contribution in [2.75, 3.05) is 18.6 Å². The number of nitrogens with zero attached hydrogens (tertiary/aromatic N) is 2. The van der Waals surface area contributed by atoms with Crippen LogP contribution in [0.15, 0.2) is 23.3 Å². The van der Waals surface area contributed by atoms with Gasteiger partial charge in [-0.15, -0.1) is 24.0 Å². The largest absolute Gasteiger partial charge is 0.474 e. The summed E-state index contributed by atoms with van der Waals surface area (Å²) < 4.78 is 28.6. The van der Waals surface area contributed by atoms with Crippen LogP contribution in [-0.4, -0.2) is 50.1 Å². The molecule has 2 N–H and O–H groups in total. The third kappa shape index (κ3) is 11.0. The van der Waals surface area contributed by atoms with Crippen LogP contribution in [0.5, 0.6) is 5.88 Å². The van der Waals surface area contributed by atoms with E-state index in [0.717, 1.165) is 24.9 Å². The SMILES string of the molecule is CCNC(=NCc1ccc(OC2CCCCC2)nc1)NC(C)CCS(C)(=O)=O.I. The van der Waals surface area contributed by atoms with E-state index in [1.807, 2.05) is 26.0 Å². The van der Waals surface area contributed by atoms with Gasteiger partial charge in [-0.2, -0.15) is 0 Å². The second-order valence-electron chi connectivity index (χ2n) is 7.54. The zero-order chi connectivity index (χ0) is 20.4. The highest BCUT2D eigenvalue weighted by Crippen LogP contribution is 2.22. The van der Waals surface area contributed by atoms with Crippen molar-refractivity contribution >= 4 is 39.8 Å². The molecule has 7 nitrogen and oxygen atoms in total. The fraction of sp³-hybridized carbons (Fsp3) is 0.700. The predicted octanol–water partition coefficient (Wildman–Crippen LogP) is 3.29. The van der Waals surface area contributed by atoms with Gasteiger partial charge in [0, 0.05) is 31.1 Å². The lowest BCUT2D eigenvalue weighted by Gasteiger charge is -2.22. The van der Waals surface area contributed by atoms with Crippen molar-refractivity contribution in [3.05, 3.63) is 23.9 Å². The lowest BCUT2D eigenvalue weighted by Crippen LogP contribution is -2.42. The molecule has 0 saturated heterocycles. The van der Waals surface area contributed by atoms with Crippen LogP contribution in [0.25, 0.3) is 0 Å². The lowest BCUT2D eigenvalue weighted by atomic mass is 9.98. The van der Waals surface area contributed by atoms with Crippen molar-refractivity contribution in [3.8, 4) is 5.88 Å². The van der Waals surface area contributed by atoms with Crippen LogP contribution < -0.4 is 15.4 Å². The van der Waals surface area contributed by atoms with Crippen molar-refractivity contribution in [2.24, 2.45) is 4.99 Å². The zero-order valence-electron chi connectivity index (χ0n) is 17.7. The minimum absolute atomic E-state index is 0. The summed E-state index contributed by atoms with van der Waals surface area (Å²) in [5.41, 5.74) is 0.997. The van der Waals surface area contributed by atoms with Crippen molar-refractivity contribution in [1.29, 1.82) is 0 Å². The maximum Gasteiger partial charge on any atom is 0.213 e. The highest BCUT2D eigenvalue weighted by molar-refractivity contribution is 14.0. The third-order valence-corrected chi connectivity index (χ3v) is 5.68. The van der Waals surface area contributed by atoms with Gasteiger partial charge in [0.2, 0.25) is 5.88 Å². The van der Waals surface area contributed by atoms with Gasteiger partial charge in [0.25, 0.3) is 0 Å². The van der Waals surface area contributed by atoms with Gasteiger partial charge in [0.1, 0.15) is 15.9 Å². The Balaban J connectivity index is 0.00000420. The number of aliphatic imine (C=N–C) groups is 1. The van der Waals surface area contributed by atoms with Gasteiger partial charge in [-0.3, -0.25) is 0 Å². The quantitative estimate of drug-likeness (QED) is 0.285. The average molecular weight is 538 g/mol. The standard InChI is InChI=1S/C20H34N4O3S.HI/c1-4-21-20(24-16(2)12-13-28(3,25)26)23-15-17-10-11-19(22-14-17)27-18-8-6-5-7-9-18;/h10-11,14,16,18H,4-9,12-13,15H2,1-3H3,(H2,21,23,24);1H. The molecule has 1 aliphatic carbocycles. The average Bonchev–Trinajstić information content (AvgIpc) is 2.66. The van der Waals surface area contributed by atoms with Crippen LogP contribution in [0.4, 0.5) is 0 Å². The van der Waals surface area contributed by atoms with Crippen LogP contribution in [0, 0.1) is 0 Å². The molecule has 9 heteroatoms. The molecule has 0 radical (unpaired) electrons. The van der Waals surface area contributed by atoms with E-state index in [-0.39, 0.29) is 35.8 Å². The highest BCUT2D eigenvalue weighted by Gasteiger charge is 2.15. The second kappa shape index (κ2) is 13.3. The predicted molar refractivity (Wildman–Crippen MR) is 129 cm³/mol. The molecule has 1 atom stereocenters. The molecule has 2 rings (SSSR count). The minimum Gasteiger partial charge on any atom is -0.474 e. The summed E-state index contributed by atoms with van der Waals surface area (Å²) in [6.45, 7) is 5.18.